The van der Waals surface area contributed by atoms with Crippen molar-refractivity contribution in [3.63, 3.8) is 0 Å². The molecule has 0 radical (unpaired) electrons. The molecule has 25 nitrogen and oxygen atoms in total. The molecule has 0 saturated carbocycles. The first-order valence-corrected chi connectivity index (χ1v) is 31.5. The molecule has 3 unspecified atom stereocenters. The fourth-order valence-electron chi connectivity index (χ4n) is 7.73. The van der Waals surface area contributed by atoms with Crippen LogP contribution in [-0.4, -0.2) is 240 Å². The van der Waals surface area contributed by atoms with E-state index < -0.39 is 64.3 Å². The fraction of sp³-hybridized carbons (Fsp3) is 0.867. The Morgan fingerprint density at radius 1 is 0.430 bits per heavy atom. The summed E-state index contributed by atoms with van der Waals surface area (Å²) in [6.07, 6.45) is 11.0. The number of halogens is 1. The van der Waals surface area contributed by atoms with Crippen molar-refractivity contribution in [1.82, 2.24) is 5.32 Å². The number of alkyl carbamates (subject to hydrolysis) is 1. The lowest BCUT2D eigenvalue weighted by Crippen LogP contribution is -2.36. The Morgan fingerprint density at radius 3 is 1.30 bits per heavy atom. The molecule has 1 amide bonds. The number of nitrogens with one attached hydrogen (secondary N) is 1. The van der Waals surface area contributed by atoms with E-state index in [1.807, 2.05) is 0 Å². The summed E-state index contributed by atoms with van der Waals surface area (Å²) in [5, 5.41) is 2.39. The average molecular weight is 1310 g/mol. The number of hydrogen-bond acceptors (Lipinski definition) is 24. The lowest BCUT2D eigenvalue weighted by atomic mass is 9.78. The van der Waals surface area contributed by atoms with Crippen molar-refractivity contribution < 1.29 is 114 Å². The van der Waals surface area contributed by atoms with Crippen LogP contribution in [0.2, 0.25) is 0 Å². The highest BCUT2D eigenvalue weighted by atomic mass is 79.9. The number of amides is 1. The second-order valence-corrected chi connectivity index (χ2v) is 21.3. The molecule has 0 aliphatic heterocycles. The van der Waals surface area contributed by atoms with Gasteiger partial charge < -0.3 is 90.6 Å². The predicted octanol–water partition coefficient (Wildman–Crippen LogP) is 6.92. The number of carbonyl (C=O) groups excluding carboxylic acids is 6. The van der Waals surface area contributed by atoms with E-state index >= 15 is 0 Å². The van der Waals surface area contributed by atoms with Gasteiger partial charge in [0.2, 0.25) is 0 Å². The highest BCUT2D eigenvalue weighted by Crippen LogP contribution is 2.34. The molecular weight excluding hydrogens is 1200 g/mol. The normalized spacial score (nSPS) is 12.6. The van der Waals surface area contributed by atoms with Gasteiger partial charge in [-0.2, -0.15) is 0 Å². The average Bonchev–Trinajstić information content (AvgIpc) is 3.14. The van der Waals surface area contributed by atoms with Gasteiger partial charge in [-0.25, -0.2) is 9.59 Å². The van der Waals surface area contributed by atoms with Crippen LogP contribution >= 0.6 is 15.9 Å². The van der Waals surface area contributed by atoms with Crippen LogP contribution in [0, 0.1) is 17.3 Å². The SMILES string of the molecule is C=CC(=O)OCCNC(=O)OCCOC(=O)C(Br)CC(CC(CC(C)(C)C(=O)OCCOCC(OC)OC)C(=O)OCCOCCOCCOCCOCCOCCOCCOCCOCCOCCC)C(=O)OCCCCCCCCCCCC. The van der Waals surface area contributed by atoms with Crippen molar-refractivity contribution >= 4 is 51.9 Å². The van der Waals surface area contributed by atoms with E-state index in [2.05, 4.69) is 41.7 Å². The predicted molar refractivity (Wildman–Crippen MR) is 320 cm³/mol. The van der Waals surface area contributed by atoms with Gasteiger partial charge in [-0.05, 0) is 46.0 Å². The number of unbranched alkanes of at least 4 members (excludes halogenated alkanes) is 9. The van der Waals surface area contributed by atoms with Crippen LogP contribution in [0.25, 0.3) is 0 Å². The largest absolute Gasteiger partial charge is 0.465 e. The van der Waals surface area contributed by atoms with Gasteiger partial charge in [0.25, 0.3) is 0 Å². The highest BCUT2D eigenvalue weighted by Gasteiger charge is 2.39. The molecule has 26 heteroatoms. The number of ether oxygens (including phenoxy) is 18. The molecule has 0 fully saturated rings. The highest BCUT2D eigenvalue weighted by molar-refractivity contribution is 9.10. The molecule has 0 aliphatic carbocycles. The van der Waals surface area contributed by atoms with Crippen LogP contribution in [0.3, 0.4) is 0 Å². The number of esters is 5. The molecule has 3 atom stereocenters. The van der Waals surface area contributed by atoms with Gasteiger partial charge in [0.15, 0.2) is 6.29 Å². The van der Waals surface area contributed by atoms with E-state index in [1.165, 1.54) is 46.3 Å². The van der Waals surface area contributed by atoms with Gasteiger partial charge >= 0.3 is 35.9 Å². The molecule has 0 aliphatic rings. The van der Waals surface area contributed by atoms with Crippen molar-refractivity contribution in [2.75, 3.05) is 193 Å². The van der Waals surface area contributed by atoms with Crippen LogP contribution in [0.4, 0.5) is 4.79 Å². The maximum absolute atomic E-state index is 14.0. The van der Waals surface area contributed by atoms with E-state index in [1.54, 1.807) is 13.8 Å². The lowest BCUT2D eigenvalue weighted by Gasteiger charge is -2.29. The Balaban J connectivity index is 5.29. The minimum Gasteiger partial charge on any atom is -0.465 e. The van der Waals surface area contributed by atoms with Gasteiger partial charge in [0.1, 0.15) is 37.9 Å². The molecule has 0 heterocycles. The van der Waals surface area contributed by atoms with Gasteiger partial charge in [-0.1, -0.05) is 94.1 Å². The van der Waals surface area contributed by atoms with Crippen LogP contribution in [0.15, 0.2) is 12.7 Å². The molecule has 504 valence electrons. The van der Waals surface area contributed by atoms with E-state index in [9.17, 15) is 28.8 Å². The molecule has 0 saturated heterocycles. The fourth-order valence-corrected chi connectivity index (χ4v) is 8.31. The Labute approximate surface area is 520 Å². The first kappa shape index (κ1) is 82.4. The number of rotatable bonds is 64. The van der Waals surface area contributed by atoms with Crippen molar-refractivity contribution in [2.24, 2.45) is 17.3 Å². The Kier molecular flexibility index (Phi) is 57.7. The van der Waals surface area contributed by atoms with Gasteiger partial charge in [-0.3, -0.25) is 19.2 Å². The topological polar surface area (TPSA) is 281 Å². The number of methoxy groups -OCH3 is 2. The van der Waals surface area contributed by atoms with Gasteiger partial charge in [0.05, 0.1) is 156 Å². The molecule has 0 aromatic carbocycles. The summed E-state index contributed by atoms with van der Waals surface area (Å²) in [5.41, 5.74) is -1.27. The Hall–Kier alpha value is -3.64. The van der Waals surface area contributed by atoms with E-state index in [-0.39, 0.29) is 98.5 Å². The molecule has 86 heavy (non-hydrogen) atoms. The van der Waals surface area contributed by atoms with Crippen LogP contribution in [-0.2, 0) is 109 Å². The van der Waals surface area contributed by atoms with Crippen LogP contribution < -0.4 is 5.32 Å². The lowest BCUT2D eigenvalue weighted by molar-refractivity contribution is -0.163. The van der Waals surface area contributed by atoms with Crippen molar-refractivity contribution in [3.05, 3.63) is 12.7 Å². The third-order valence-corrected chi connectivity index (χ3v) is 13.2. The molecule has 0 rings (SSSR count). The zero-order valence-electron chi connectivity index (χ0n) is 52.8. The monoisotopic (exact) mass is 1310 g/mol. The number of carbonyl (C=O) groups is 6. The Bertz CT molecular complexity index is 1660. The summed E-state index contributed by atoms with van der Waals surface area (Å²) in [4.78, 5) is 77.0. The minimum atomic E-state index is -1.27. The standard InChI is InChI=1S/C60H108BrNO24/c1-8-11-12-13-14-15-16-17-18-19-22-82-55(64)50(47-52(61)57(66)84-44-45-86-59(68)62-20-23-81-53(63)10-3)46-51(48-60(4,5)58(67)85-43-41-80-49-54(69-6)70-7)56(65)83-42-40-79-39-38-78-37-36-77-35-34-76-33-32-75-31-30-74-29-28-73-27-26-72-25-24-71-21-9-2/h10,50-52,54H,3,8-9,11-49H2,1-2,4-7H3,(H,62,68). The third-order valence-electron chi connectivity index (χ3n) is 12.4. The summed E-state index contributed by atoms with van der Waals surface area (Å²) in [6, 6.07) is 0. The van der Waals surface area contributed by atoms with E-state index in [4.69, 9.17) is 85.3 Å². The second kappa shape index (κ2) is 60.3. The second-order valence-electron chi connectivity index (χ2n) is 20.2. The first-order valence-electron chi connectivity index (χ1n) is 30.6. The van der Waals surface area contributed by atoms with E-state index in [0.717, 1.165) is 44.8 Å². The van der Waals surface area contributed by atoms with Gasteiger partial charge in [-0.15, -0.1) is 0 Å². The summed E-state index contributed by atoms with van der Waals surface area (Å²) in [7, 11) is 2.94. The smallest absolute Gasteiger partial charge is 0.407 e. The molecule has 0 spiro atoms. The molecule has 0 bridgehead atoms. The number of alkyl halides is 1. The summed E-state index contributed by atoms with van der Waals surface area (Å²) in [5.74, 6) is -5.47. The zero-order valence-corrected chi connectivity index (χ0v) is 54.3. The zero-order chi connectivity index (χ0) is 63.4. The van der Waals surface area contributed by atoms with Crippen molar-refractivity contribution in [2.45, 2.75) is 129 Å². The number of hydrogen-bond donors (Lipinski definition) is 1. The van der Waals surface area contributed by atoms with E-state index in [0.29, 0.717) is 98.9 Å². The molecule has 0 aromatic heterocycles. The quantitative estimate of drug-likeness (QED) is 0.0161. The first-order chi connectivity index (χ1) is 41.8. The van der Waals surface area contributed by atoms with Crippen molar-refractivity contribution in [3.8, 4) is 0 Å². The molecule has 0 aromatic rings. The van der Waals surface area contributed by atoms with Crippen LogP contribution in [0.5, 0.6) is 0 Å². The molecular formula is C60H108BrNO24. The Morgan fingerprint density at radius 2 is 0.826 bits per heavy atom. The van der Waals surface area contributed by atoms with Crippen LogP contribution in [0.1, 0.15) is 118 Å². The van der Waals surface area contributed by atoms with Crippen molar-refractivity contribution in [1.29, 1.82) is 0 Å². The minimum absolute atomic E-state index is 0.0201. The summed E-state index contributed by atoms with van der Waals surface area (Å²) < 4.78 is 97.6. The maximum Gasteiger partial charge on any atom is 0.407 e. The maximum atomic E-state index is 14.0. The van der Waals surface area contributed by atoms with Gasteiger partial charge in [0, 0.05) is 26.9 Å². The third kappa shape index (κ3) is 51.3. The summed E-state index contributed by atoms with van der Waals surface area (Å²) in [6.45, 7) is 17.7. The molecule has 1 N–H and O–H groups in total. The summed E-state index contributed by atoms with van der Waals surface area (Å²) >= 11 is 3.36.